The van der Waals surface area contributed by atoms with Crippen molar-refractivity contribution in [2.45, 2.75) is 12.3 Å². The van der Waals surface area contributed by atoms with Gasteiger partial charge in [0.1, 0.15) is 5.76 Å². The first-order valence-corrected chi connectivity index (χ1v) is 4.82. The van der Waals surface area contributed by atoms with Crippen molar-refractivity contribution in [2.75, 3.05) is 18.8 Å². The van der Waals surface area contributed by atoms with Crippen molar-refractivity contribution in [3.63, 3.8) is 0 Å². The predicted octanol–water partition coefficient (Wildman–Crippen LogP) is 1.70. The zero-order chi connectivity index (χ0) is 8.55. The van der Waals surface area contributed by atoms with Gasteiger partial charge in [-0.3, -0.25) is 0 Å². The summed E-state index contributed by atoms with van der Waals surface area (Å²) in [5.41, 5.74) is 6.53. The molecule has 12 heavy (non-hydrogen) atoms. The number of hydrogen-bond donors (Lipinski definition) is 2. The van der Waals surface area contributed by atoms with E-state index < -0.39 is 0 Å². The molecule has 0 saturated carbocycles. The molecule has 0 aliphatic carbocycles. The van der Waals surface area contributed by atoms with E-state index in [0.717, 1.165) is 35.6 Å². The Morgan fingerprint density at radius 3 is 3.00 bits per heavy atom. The van der Waals surface area contributed by atoms with Crippen molar-refractivity contribution < 1.29 is 4.42 Å². The summed E-state index contributed by atoms with van der Waals surface area (Å²) in [5, 5.41) is 3.28. The van der Waals surface area contributed by atoms with E-state index >= 15 is 0 Å². The minimum Gasteiger partial charge on any atom is -0.452 e. The molecule has 0 aromatic carbocycles. The van der Waals surface area contributed by atoms with Crippen LogP contribution in [-0.4, -0.2) is 13.1 Å². The van der Waals surface area contributed by atoms with E-state index in [1.54, 1.807) is 0 Å². The Morgan fingerprint density at radius 2 is 2.50 bits per heavy atom. The van der Waals surface area contributed by atoms with Crippen LogP contribution in [0.3, 0.4) is 0 Å². The van der Waals surface area contributed by atoms with Gasteiger partial charge in [-0.1, -0.05) is 0 Å². The fourth-order valence-electron chi connectivity index (χ4n) is 1.58. The van der Waals surface area contributed by atoms with Crippen LogP contribution in [0.25, 0.3) is 0 Å². The minimum absolute atomic E-state index is 0.455. The van der Waals surface area contributed by atoms with Gasteiger partial charge in [0.05, 0.1) is 5.69 Å². The van der Waals surface area contributed by atoms with Crippen molar-refractivity contribution in [3.8, 4) is 0 Å². The maximum Gasteiger partial charge on any atom is 0.171 e. The molecule has 1 fully saturated rings. The molecule has 1 aliphatic rings. The van der Waals surface area contributed by atoms with Crippen molar-refractivity contribution >= 4 is 21.6 Å². The number of anilines is 1. The second-order valence-electron chi connectivity index (χ2n) is 3.06. The molecule has 0 amide bonds. The van der Waals surface area contributed by atoms with Gasteiger partial charge in [-0.25, -0.2) is 0 Å². The first kappa shape index (κ1) is 8.13. The normalized spacial score (nSPS) is 23.2. The second-order valence-corrected chi connectivity index (χ2v) is 3.84. The summed E-state index contributed by atoms with van der Waals surface area (Å²) < 4.78 is 6.17. The SMILES string of the molecule is Nc1cc(Br)oc1C1CCNC1. The zero-order valence-corrected chi connectivity index (χ0v) is 8.23. The molecule has 1 unspecified atom stereocenters. The van der Waals surface area contributed by atoms with Crippen LogP contribution in [0, 0.1) is 0 Å². The summed E-state index contributed by atoms with van der Waals surface area (Å²) in [4.78, 5) is 0. The molecular formula is C8H11BrN2O. The van der Waals surface area contributed by atoms with Crippen LogP contribution in [0.5, 0.6) is 0 Å². The van der Waals surface area contributed by atoms with E-state index in [4.69, 9.17) is 10.2 Å². The highest BCUT2D eigenvalue weighted by Gasteiger charge is 2.22. The molecule has 0 radical (unpaired) electrons. The van der Waals surface area contributed by atoms with Gasteiger partial charge in [-0.05, 0) is 28.9 Å². The van der Waals surface area contributed by atoms with E-state index in [9.17, 15) is 0 Å². The van der Waals surface area contributed by atoms with Gasteiger partial charge < -0.3 is 15.5 Å². The van der Waals surface area contributed by atoms with Gasteiger partial charge >= 0.3 is 0 Å². The van der Waals surface area contributed by atoms with Gasteiger partial charge in [0, 0.05) is 18.5 Å². The highest BCUT2D eigenvalue weighted by atomic mass is 79.9. The zero-order valence-electron chi connectivity index (χ0n) is 6.64. The van der Waals surface area contributed by atoms with Crippen molar-refractivity contribution in [1.29, 1.82) is 0 Å². The smallest absolute Gasteiger partial charge is 0.171 e. The Bertz CT molecular complexity index is 279. The lowest BCUT2D eigenvalue weighted by molar-refractivity contribution is 0.458. The Balaban J connectivity index is 2.25. The molecule has 2 rings (SSSR count). The molecule has 3 N–H and O–H groups in total. The minimum atomic E-state index is 0.455. The lowest BCUT2D eigenvalue weighted by Gasteiger charge is -2.04. The van der Waals surface area contributed by atoms with E-state index in [1.807, 2.05) is 6.07 Å². The van der Waals surface area contributed by atoms with Crippen LogP contribution in [0.2, 0.25) is 0 Å². The Morgan fingerprint density at radius 1 is 1.67 bits per heavy atom. The second kappa shape index (κ2) is 3.11. The van der Waals surface area contributed by atoms with Gasteiger partial charge in [0.2, 0.25) is 0 Å². The Kier molecular flexibility index (Phi) is 2.11. The van der Waals surface area contributed by atoms with Crippen LogP contribution in [0.15, 0.2) is 15.2 Å². The van der Waals surface area contributed by atoms with Gasteiger partial charge in [-0.15, -0.1) is 0 Å². The highest BCUT2D eigenvalue weighted by Crippen LogP contribution is 2.32. The van der Waals surface area contributed by atoms with E-state index in [0.29, 0.717) is 5.92 Å². The molecule has 1 aliphatic heterocycles. The molecule has 4 heteroatoms. The highest BCUT2D eigenvalue weighted by molar-refractivity contribution is 9.10. The Hall–Kier alpha value is -0.480. The van der Waals surface area contributed by atoms with E-state index in [-0.39, 0.29) is 0 Å². The van der Waals surface area contributed by atoms with Gasteiger partial charge in [-0.2, -0.15) is 0 Å². The number of rotatable bonds is 1. The van der Waals surface area contributed by atoms with Crippen molar-refractivity contribution in [1.82, 2.24) is 5.32 Å². The molecule has 1 aromatic heterocycles. The van der Waals surface area contributed by atoms with E-state index in [1.165, 1.54) is 0 Å². The van der Waals surface area contributed by atoms with Gasteiger partial charge in [0.15, 0.2) is 4.67 Å². The summed E-state index contributed by atoms with van der Waals surface area (Å²) in [5.74, 6) is 1.38. The number of nitrogen functional groups attached to an aromatic ring is 1. The number of nitrogens with one attached hydrogen (secondary N) is 1. The third kappa shape index (κ3) is 1.36. The molecule has 1 saturated heterocycles. The van der Waals surface area contributed by atoms with Crippen LogP contribution in [0.1, 0.15) is 18.1 Å². The number of halogens is 1. The van der Waals surface area contributed by atoms with Crippen LogP contribution in [0.4, 0.5) is 5.69 Å². The quantitative estimate of drug-likeness (QED) is 0.773. The maximum absolute atomic E-state index is 5.77. The summed E-state index contributed by atoms with van der Waals surface area (Å²) in [6.07, 6.45) is 1.12. The third-order valence-corrected chi connectivity index (χ3v) is 2.58. The van der Waals surface area contributed by atoms with Gasteiger partial charge in [0.25, 0.3) is 0 Å². The molecule has 1 aromatic rings. The topological polar surface area (TPSA) is 51.2 Å². The average molecular weight is 231 g/mol. The number of hydrogen-bond acceptors (Lipinski definition) is 3. The fourth-order valence-corrected chi connectivity index (χ4v) is 2.01. The molecule has 0 bridgehead atoms. The largest absolute Gasteiger partial charge is 0.452 e. The predicted molar refractivity (Wildman–Crippen MR) is 51.0 cm³/mol. The summed E-state index contributed by atoms with van der Waals surface area (Å²) in [6, 6.07) is 1.81. The standard InChI is InChI=1S/C8H11BrN2O/c9-7-3-6(10)8(12-7)5-1-2-11-4-5/h3,5,11H,1-2,4,10H2. The monoisotopic (exact) mass is 230 g/mol. The molecule has 2 heterocycles. The third-order valence-electron chi connectivity index (χ3n) is 2.19. The first-order valence-electron chi connectivity index (χ1n) is 4.03. The molecular weight excluding hydrogens is 220 g/mol. The molecule has 66 valence electrons. The van der Waals surface area contributed by atoms with Crippen LogP contribution < -0.4 is 11.1 Å². The molecule has 0 spiro atoms. The fraction of sp³-hybridized carbons (Fsp3) is 0.500. The van der Waals surface area contributed by atoms with Crippen molar-refractivity contribution in [2.24, 2.45) is 0 Å². The summed E-state index contributed by atoms with van der Waals surface area (Å²) in [6.45, 7) is 2.03. The maximum atomic E-state index is 5.77. The molecule has 1 atom stereocenters. The molecule has 3 nitrogen and oxygen atoms in total. The van der Waals surface area contributed by atoms with Crippen molar-refractivity contribution in [3.05, 3.63) is 16.5 Å². The summed E-state index contributed by atoms with van der Waals surface area (Å²) >= 11 is 3.26. The van der Waals surface area contributed by atoms with Crippen LogP contribution in [-0.2, 0) is 0 Å². The van der Waals surface area contributed by atoms with Crippen LogP contribution >= 0.6 is 15.9 Å². The lowest BCUT2D eigenvalue weighted by atomic mass is 10.1. The average Bonchev–Trinajstić information content (AvgIpc) is 2.58. The van der Waals surface area contributed by atoms with E-state index in [2.05, 4.69) is 21.2 Å². The number of furan rings is 1. The Labute approximate surface area is 79.4 Å². The summed E-state index contributed by atoms with van der Waals surface area (Å²) in [7, 11) is 0. The lowest BCUT2D eigenvalue weighted by Crippen LogP contribution is -2.08. The number of nitrogens with two attached hydrogens (primary N) is 1. The first-order chi connectivity index (χ1) is 5.77.